The molecule has 2 rings (SSSR count). The van der Waals surface area contributed by atoms with E-state index in [-0.39, 0.29) is 6.04 Å². The van der Waals surface area contributed by atoms with Crippen LogP contribution in [0.3, 0.4) is 0 Å². The molecular formula is C15H24N2O3. The van der Waals surface area contributed by atoms with Gasteiger partial charge in [-0.25, -0.2) is 0 Å². The molecule has 1 heterocycles. The van der Waals surface area contributed by atoms with Crippen molar-refractivity contribution in [3.63, 3.8) is 0 Å². The third-order valence-electron chi connectivity index (χ3n) is 3.78. The van der Waals surface area contributed by atoms with Crippen molar-refractivity contribution >= 4 is 0 Å². The van der Waals surface area contributed by atoms with Crippen LogP contribution in [0.4, 0.5) is 0 Å². The second-order valence-corrected chi connectivity index (χ2v) is 5.20. The molecular weight excluding hydrogens is 256 g/mol. The van der Waals surface area contributed by atoms with Gasteiger partial charge in [-0.3, -0.25) is 4.90 Å². The van der Waals surface area contributed by atoms with Crippen LogP contribution >= 0.6 is 0 Å². The Kier molecular flexibility index (Phi) is 5.23. The van der Waals surface area contributed by atoms with Crippen molar-refractivity contribution in [1.82, 2.24) is 10.2 Å². The summed E-state index contributed by atoms with van der Waals surface area (Å²) in [6, 6.07) is 6.74. The maximum atomic E-state index is 5.44. The van der Waals surface area contributed by atoms with Gasteiger partial charge in [0.15, 0.2) is 11.5 Å². The van der Waals surface area contributed by atoms with Gasteiger partial charge in [0.05, 0.1) is 6.61 Å². The Morgan fingerprint density at radius 2 is 2.10 bits per heavy atom. The lowest BCUT2D eigenvalue weighted by molar-refractivity contribution is 0.110. The Bertz CT molecular complexity index is 439. The molecule has 112 valence electrons. The molecule has 1 aromatic rings. The van der Waals surface area contributed by atoms with E-state index in [4.69, 9.17) is 14.2 Å². The molecule has 5 nitrogen and oxygen atoms in total. The zero-order chi connectivity index (χ0) is 14.5. The molecule has 0 spiro atoms. The lowest BCUT2D eigenvalue weighted by Crippen LogP contribution is -2.38. The first-order valence-corrected chi connectivity index (χ1v) is 6.91. The third-order valence-corrected chi connectivity index (χ3v) is 3.78. The fourth-order valence-corrected chi connectivity index (χ4v) is 2.33. The summed E-state index contributed by atoms with van der Waals surface area (Å²) in [5.41, 5.74) is 1.20. The minimum absolute atomic E-state index is 0.244. The van der Waals surface area contributed by atoms with Gasteiger partial charge >= 0.3 is 0 Å². The summed E-state index contributed by atoms with van der Waals surface area (Å²) in [6.45, 7) is 4.11. The van der Waals surface area contributed by atoms with E-state index in [0.29, 0.717) is 12.8 Å². The predicted molar refractivity (Wildman–Crippen MR) is 78.3 cm³/mol. The van der Waals surface area contributed by atoms with Crippen molar-refractivity contribution in [2.75, 3.05) is 41.1 Å². The van der Waals surface area contributed by atoms with Gasteiger partial charge in [0.2, 0.25) is 6.79 Å². The standard InChI is InChI=1S/C15H24N2O3/c1-11(9-18-4)17(3)8-13(16-2)12-5-6-14-15(7-12)20-10-19-14/h5-7,11,13,16H,8-10H2,1-4H3. The van der Waals surface area contributed by atoms with Crippen LogP contribution in [0.1, 0.15) is 18.5 Å². The second kappa shape index (κ2) is 6.92. The Balaban J connectivity index is 2.04. The zero-order valence-corrected chi connectivity index (χ0v) is 12.7. The Hall–Kier alpha value is -1.30. The van der Waals surface area contributed by atoms with E-state index >= 15 is 0 Å². The smallest absolute Gasteiger partial charge is 0.231 e. The summed E-state index contributed by atoms with van der Waals surface area (Å²) in [4.78, 5) is 2.29. The highest BCUT2D eigenvalue weighted by atomic mass is 16.7. The van der Waals surface area contributed by atoms with E-state index in [9.17, 15) is 0 Å². The molecule has 1 aliphatic rings. The van der Waals surface area contributed by atoms with Crippen LogP contribution in [0.25, 0.3) is 0 Å². The Morgan fingerprint density at radius 3 is 2.80 bits per heavy atom. The number of benzene rings is 1. The van der Waals surface area contributed by atoms with Gasteiger partial charge in [-0.2, -0.15) is 0 Å². The number of fused-ring (bicyclic) bond motifs is 1. The van der Waals surface area contributed by atoms with E-state index in [1.165, 1.54) is 5.56 Å². The largest absolute Gasteiger partial charge is 0.454 e. The summed E-state index contributed by atoms with van der Waals surface area (Å²) in [5, 5.41) is 3.36. The first-order valence-electron chi connectivity index (χ1n) is 6.91. The van der Waals surface area contributed by atoms with Crippen LogP contribution in [0.15, 0.2) is 18.2 Å². The van der Waals surface area contributed by atoms with Crippen LogP contribution in [-0.2, 0) is 4.74 Å². The topological polar surface area (TPSA) is 43.0 Å². The first kappa shape index (κ1) is 15.1. The highest BCUT2D eigenvalue weighted by Gasteiger charge is 2.19. The van der Waals surface area contributed by atoms with Crippen molar-refractivity contribution in [3.8, 4) is 11.5 Å². The van der Waals surface area contributed by atoms with Crippen LogP contribution in [0, 0.1) is 0 Å². The zero-order valence-electron chi connectivity index (χ0n) is 12.7. The summed E-state index contributed by atoms with van der Waals surface area (Å²) in [5.74, 6) is 1.65. The van der Waals surface area contributed by atoms with Crippen LogP contribution < -0.4 is 14.8 Å². The highest BCUT2D eigenvalue weighted by molar-refractivity contribution is 5.45. The summed E-state index contributed by atoms with van der Waals surface area (Å²) >= 11 is 0. The average Bonchev–Trinajstić information content (AvgIpc) is 2.92. The number of rotatable bonds is 7. The Morgan fingerprint density at radius 1 is 1.35 bits per heavy atom. The number of nitrogens with zero attached hydrogens (tertiary/aromatic N) is 1. The fourth-order valence-electron chi connectivity index (χ4n) is 2.33. The van der Waals surface area contributed by atoms with Crippen molar-refractivity contribution in [2.24, 2.45) is 0 Å². The number of nitrogens with one attached hydrogen (secondary N) is 1. The monoisotopic (exact) mass is 280 g/mol. The predicted octanol–water partition coefficient (Wildman–Crippen LogP) is 1.64. The van der Waals surface area contributed by atoms with E-state index in [2.05, 4.69) is 36.3 Å². The van der Waals surface area contributed by atoms with Crippen molar-refractivity contribution in [1.29, 1.82) is 0 Å². The first-order chi connectivity index (χ1) is 9.65. The van der Waals surface area contributed by atoms with Gasteiger partial charge in [0.1, 0.15) is 0 Å². The minimum atomic E-state index is 0.244. The lowest BCUT2D eigenvalue weighted by atomic mass is 10.1. The third kappa shape index (κ3) is 3.42. The number of hydrogen-bond donors (Lipinski definition) is 1. The molecule has 0 radical (unpaired) electrons. The molecule has 1 aromatic carbocycles. The average molecular weight is 280 g/mol. The van der Waals surface area contributed by atoms with Crippen molar-refractivity contribution in [3.05, 3.63) is 23.8 Å². The molecule has 0 saturated carbocycles. The minimum Gasteiger partial charge on any atom is -0.454 e. The highest BCUT2D eigenvalue weighted by Crippen LogP contribution is 2.34. The molecule has 2 atom stereocenters. The van der Waals surface area contributed by atoms with Gasteiger partial charge in [-0.15, -0.1) is 0 Å². The molecule has 0 aromatic heterocycles. The van der Waals surface area contributed by atoms with Crippen LogP contribution in [-0.4, -0.2) is 52.1 Å². The summed E-state index contributed by atoms with van der Waals surface area (Å²) < 4.78 is 16.0. The normalized spacial score (nSPS) is 16.4. The fraction of sp³-hybridized carbons (Fsp3) is 0.600. The molecule has 0 saturated heterocycles. The number of ether oxygens (including phenoxy) is 3. The number of methoxy groups -OCH3 is 1. The molecule has 20 heavy (non-hydrogen) atoms. The quantitative estimate of drug-likeness (QED) is 0.822. The van der Waals surface area contributed by atoms with Crippen molar-refractivity contribution < 1.29 is 14.2 Å². The van der Waals surface area contributed by atoms with E-state index < -0.39 is 0 Å². The number of hydrogen-bond acceptors (Lipinski definition) is 5. The molecule has 5 heteroatoms. The van der Waals surface area contributed by atoms with Gasteiger partial charge in [0.25, 0.3) is 0 Å². The SMILES string of the molecule is CNC(CN(C)C(C)COC)c1ccc2c(c1)OCO2. The van der Waals surface area contributed by atoms with Crippen molar-refractivity contribution in [2.45, 2.75) is 19.0 Å². The van der Waals surface area contributed by atoms with Gasteiger partial charge < -0.3 is 19.5 Å². The Labute approximate surface area is 120 Å². The van der Waals surface area contributed by atoms with Gasteiger partial charge in [0, 0.05) is 25.7 Å². The molecule has 0 fully saturated rings. The van der Waals surface area contributed by atoms with E-state index in [1.807, 2.05) is 13.1 Å². The van der Waals surface area contributed by atoms with Crippen LogP contribution in [0.2, 0.25) is 0 Å². The van der Waals surface area contributed by atoms with Crippen LogP contribution in [0.5, 0.6) is 11.5 Å². The van der Waals surface area contributed by atoms with Gasteiger partial charge in [-0.05, 0) is 38.7 Å². The molecule has 1 N–H and O–H groups in total. The molecule has 0 amide bonds. The summed E-state index contributed by atoms with van der Waals surface area (Å²) in [7, 11) is 5.82. The number of likely N-dealkylation sites (N-methyl/N-ethyl adjacent to an activating group) is 2. The molecule has 2 unspecified atom stereocenters. The maximum Gasteiger partial charge on any atom is 0.231 e. The molecule has 0 bridgehead atoms. The molecule has 1 aliphatic heterocycles. The second-order valence-electron chi connectivity index (χ2n) is 5.20. The van der Waals surface area contributed by atoms with E-state index in [1.54, 1.807) is 7.11 Å². The molecule has 0 aliphatic carbocycles. The van der Waals surface area contributed by atoms with E-state index in [0.717, 1.165) is 24.7 Å². The van der Waals surface area contributed by atoms with Gasteiger partial charge in [-0.1, -0.05) is 6.07 Å². The maximum absolute atomic E-state index is 5.44. The lowest BCUT2D eigenvalue weighted by Gasteiger charge is -2.28. The summed E-state index contributed by atoms with van der Waals surface area (Å²) in [6.07, 6.45) is 0.